The van der Waals surface area contributed by atoms with Crippen LogP contribution in [0.3, 0.4) is 0 Å². The Hall–Kier alpha value is -1.91. The molecule has 0 bridgehead atoms. The van der Waals surface area contributed by atoms with Crippen molar-refractivity contribution in [2.45, 2.75) is 46.6 Å². The summed E-state index contributed by atoms with van der Waals surface area (Å²) in [5, 5.41) is 13.9. The number of rotatable bonds is 6. The first-order valence-corrected chi connectivity index (χ1v) is 6.87. The number of aryl methyl sites for hydroxylation is 1. The molecule has 0 aliphatic rings. The molecule has 5 nitrogen and oxygen atoms in total. The highest BCUT2D eigenvalue weighted by Crippen LogP contribution is 2.23. The van der Waals surface area contributed by atoms with E-state index in [0.717, 1.165) is 12.8 Å². The highest BCUT2D eigenvalue weighted by atomic mass is 16.6. The first kappa shape index (κ1) is 16.1. The Bertz CT molecular complexity index is 498. The molecule has 1 amide bonds. The van der Waals surface area contributed by atoms with Crippen LogP contribution in [0.15, 0.2) is 18.2 Å². The summed E-state index contributed by atoms with van der Waals surface area (Å²) < 4.78 is 0. The van der Waals surface area contributed by atoms with E-state index in [2.05, 4.69) is 19.2 Å². The minimum absolute atomic E-state index is 0.00464. The minimum atomic E-state index is -0.497. The number of carbonyl (C=O) groups is 1. The second-order valence-electron chi connectivity index (χ2n) is 5.57. The Labute approximate surface area is 119 Å². The average Bonchev–Trinajstić information content (AvgIpc) is 2.35. The second-order valence-corrected chi connectivity index (χ2v) is 5.57. The molecule has 0 spiro atoms. The van der Waals surface area contributed by atoms with Crippen molar-refractivity contribution < 1.29 is 9.72 Å². The molecule has 1 aromatic rings. The van der Waals surface area contributed by atoms with Gasteiger partial charge in [-0.2, -0.15) is 0 Å². The van der Waals surface area contributed by atoms with Crippen molar-refractivity contribution in [2.75, 3.05) is 0 Å². The molecule has 0 aliphatic heterocycles. The standard InChI is InChI=1S/C15H22N2O3/c1-10(2)8-9-12(4)16-15(18)13-7-5-6-11(3)14(13)17(19)20/h5-7,10,12H,8-9H2,1-4H3,(H,16,18)/t12-/m0/s1. The van der Waals surface area contributed by atoms with Crippen molar-refractivity contribution in [1.82, 2.24) is 5.32 Å². The van der Waals surface area contributed by atoms with Gasteiger partial charge in [0.1, 0.15) is 5.56 Å². The summed E-state index contributed by atoms with van der Waals surface area (Å²) in [5.41, 5.74) is 0.518. The zero-order chi connectivity index (χ0) is 15.3. The summed E-state index contributed by atoms with van der Waals surface area (Å²) >= 11 is 0. The minimum Gasteiger partial charge on any atom is -0.349 e. The van der Waals surface area contributed by atoms with Crippen molar-refractivity contribution in [3.8, 4) is 0 Å². The molecule has 1 N–H and O–H groups in total. The Morgan fingerprint density at radius 3 is 2.50 bits per heavy atom. The fourth-order valence-electron chi connectivity index (χ4n) is 2.04. The van der Waals surface area contributed by atoms with Gasteiger partial charge in [-0.05, 0) is 38.7 Å². The van der Waals surface area contributed by atoms with E-state index in [-0.39, 0.29) is 23.2 Å². The zero-order valence-electron chi connectivity index (χ0n) is 12.5. The maximum atomic E-state index is 12.2. The Morgan fingerprint density at radius 1 is 1.30 bits per heavy atom. The van der Waals surface area contributed by atoms with Crippen LogP contribution in [-0.4, -0.2) is 16.9 Å². The molecule has 20 heavy (non-hydrogen) atoms. The summed E-state index contributed by atoms with van der Waals surface area (Å²) in [6.07, 6.45) is 1.88. The second kappa shape index (κ2) is 7.03. The monoisotopic (exact) mass is 278 g/mol. The molecular weight excluding hydrogens is 256 g/mol. The van der Waals surface area contributed by atoms with E-state index in [1.54, 1.807) is 19.1 Å². The number of nitro benzene ring substituents is 1. The predicted molar refractivity (Wildman–Crippen MR) is 78.8 cm³/mol. The van der Waals surface area contributed by atoms with Gasteiger partial charge in [0.25, 0.3) is 11.6 Å². The maximum absolute atomic E-state index is 12.2. The molecule has 0 radical (unpaired) electrons. The van der Waals surface area contributed by atoms with Crippen molar-refractivity contribution in [2.24, 2.45) is 5.92 Å². The predicted octanol–water partition coefficient (Wildman–Crippen LogP) is 3.46. The molecular formula is C15H22N2O3. The van der Waals surface area contributed by atoms with Gasteiger partial charge in [-0.15, -0.1) is 0 Å². The Kier molecular flexibility index (Phi) is 5.67. The molecule has 1 aromatic carbocycles. The Morgan fingerprint density at radius 2 is 1.95 bits per heavy atom. The maximum Gasteiger partial charge on any atom is 0.285 e. The fourth-order valence-corrected chi connectivity index (χ4v) is 2.04. The van der Waals surface area contributed by atoms with Crippen LogP contribution in [0.1, 0.15) is 49.5 Å². The lowest BCUT2D eigenvalue weighted by Gasteiger charge is -2.15. The van der Waals surface area contributed by atoms with E-state index < -0.39 is 4.92 Å². The number of nitro groups is 1. The van der Waals surface area contributed by atoms with Gasteiger partial charge in [-0.1, -0.05) is 26.0 Å². The van der Waals surface area contributed by atoms with Gasteiger partial charge in [-0.25, -0.2) is 0 Å². The lowest BCUT2D eigenvalue weighted by atomic mass is 10.0. The van der Waals surface area contributed by atoms with Crippen molar-refractivity contribution in [3.63, 3.8) is 0 Å². The van der Waals surface area contributed by atoms with Gasteiger partial charge in [0.15, 0.2) is 0 Å². The molecule has 1 rings (SSSR count). The van der Waals surface area contributed by atoms with Gasteiger partial charge in [-0.3, -0.25) is 14.9 Å². The van der Waals surface area contributed by atoms with Crippen LogP contribution < -0.4 is 5.32 Å². The lowest BCUT2D eigenvalue weighted by molar-refractivity contribution is -0.385. The van der Waals surface area contributed by atoms with Crippen LogP contribution in [0.4, 0.5) is 5.69 Å². The molecule has 0 unspecified atom stereocenters. The topological polar surface area (TPSA) is 72.2 Å². The normalized spacial score (nSPS) is 12.2. The third-order valence-corrected chi connectivity index (χ3v) is 3.22. The van der Waals surface area contributed by atoms with E-state index in [1.807, 2.05) is 6.92 Å². The molecule has 0 heterocycles. The highest BCUT2D eigenvalue weighted by molar-refractivity contribution is 5.98. The van der Waals surface area contributed by atoms with Crippen LogP contribution in [-0.2, 0) is 0 Å². The molecule has 5 heteroatoms. The molecule has 110 valence electrons. The number of carbonyl (C=O) groups excluding carboxylic acids is 1. The summed E-state index contributed by atoms with van der Waals surface area (Å²) in [5.74, 6) is 0.194. The fraction of sp³-hybridized carbons (Fsp3) is 0.533. The number of amides is 1. The zero-order valence-corrected chi connectivity index (χ0v) is 12.5. The number of hydrogen-bond donors (Lipinski definition) is 1. The van der Waals surface area contributed by atoms with E-state index in [9.17, 15) is 14.9 Å². The molecule has 0 aliphatic carbocycles. The van der Waals surface area contributed by atoms with E-state index in [1.165, 1.54) is 6.07 Å². The molecule has 1 atom stereocenters. The van der Waals surface area contributed by atoms with Gasteiger partial charge in [0.2, 0.25) is 0 Å². The van der Waals surface area contributed by atoms with Crippen molar-refractivity contribution in [1.29, 1.82) is 0 Å². The van der Waals surface area contributed by atoms with Crippen molar-refractivity contribution >= 4 is 11.6 Å². The van der Waals surface area contributed by atoms with Crippen LogP contribution in [0.5, 0.6) is 0 Å². The lowest BCUT2D eigenvalue weighted by Crippen LogP contribution is -2.33. The van der Waals surface area contributed by atoms with Gasteiger partial charge in [0, 0.05) is 11.6 Å². The SMILES string of the molecule is Cc1cccc(C(=O)N[C@@H](C)CCC(C)C)c1[N+](=O)[O-]. The number of nitrogens with one attached hydrogen (secondary N) is 1. The number of benzene rings is 1. The van der Waals surface area contributed by atoms with Crippen molar-refractivity contribution in [3.05, 3.63) is 39.4 Å². The molecule has 0 aromatic heterocycles. The van der Waals surface area contributed by atoms with Gasteiger partial charge in [0.05, 0.1) is 4.92 Å². The summed E-state index contributed by atoms with van der Waals surface area (Å²) in [7, 11) is 0. The first-order chi connectivity index (χ1) is 9.32. The summed E-state index contributed by atoms with van der Waals surface area (Å²) in [6, 6.07) is 4.80. The number of para-hydroxylation sites is 1. The van der Waals surface area contributed by atoms with Crippen LogP contribution in [0, 0.1) is 23.0 Å². The number of hydrogen-bond acceptors (Lipinski definition) is 3. The van der Waals surface area contributed by atoms with E-state index >= 15 is 0 Å². The van der Waals surface area contributed by atoms with Gasteiger partial charge >= 0.3 is 0 Å². The van der Waals surface area contributed by atoms with Crippen LogP contribution in [0.25, 0.3) is 0 Å². The van der Waals surface area contributed by atoms with Crippen LogP contribution >= 0.6 is 0 Å². The first-order valence-electron chi connectivity index (χ1n) is 6.87. The molecule has 0 saturated heterocycles. The molecule has 0 saturated carbocycles. The van der Waals surface area contributed by atoms with Gasteiger partial charge < -0.3 is 5.32 Å². The summed E-state index contributed by atoms with van der Waals surface area (Å²) in [6.45, 7) is 7.80. The third-order valence-electron chi connectivity index (χ3n) is 3.22. The smallest absolute Gasteiger partial charge is 0.285 e. The average molecular weight is 278 g/mol. The van der Waals surface area contributed by atoms with E-state index in [0.29, 0.717) is 11.5 Å². The Balaban J connectivity index is 2.83. The molecule has 0 fully saturated rings. The quantitative estimate of drug-likeness (QED) is 0.639. The number of nitrogens with zero attached hydrogens (tertiary/aromatic N) is 1. The highest BCUT2D eigenvalue weighted by Gasteiger charge is 2.23. The largest absolute Gasteiger partial charge is 0.349 e. The third kappa shape index (κ3) is 4.33. The summed E-state index contributed by atoms with van der Waals surface area (Å²) in [4.78, 5) is 22.7. The van der Waals surface area contributed by atoms with E-state index in [4.69, 9.17) is 0 Å². The van der Waals surface area contributed by atoms with Crippen LogP contribution in [0.2, 0.25) is 0 Å².